The summed E-state index contributed by atoms with van der Waals surface area (Å²) in [6.45, 7) is 2.91. The van der Waals surface area contributed by atoms with Crippen LogP contribution in [0.15, 0.2) is 72.1 Å². The van der Waals surface area contributed by atoms with Gasteiger partial charge in [0.05, 0.1) is 11.7 Å². The predicted molar refractivity (Wildman–Crippen MR) is 108 cm³/mol. The van der Waals surface area contributed by atoms with Crippen molar-refractivity contribution < 1.29 is 0 Å². The second-order valence-corrected chi connectivity index (χ2v) is 7.58. The van der Waals surface area contributed by atoms with Gasteiger partial charge >= 0.3 is 0 Å². The lowest BCUT2D eigenvalue weighted by atomic mass is 10.0. The Kier molecular flexibility index (Phi) is 5.09. The number of rotatable bonds is 6. The molecule has 6 heteroatoms. The lowest BCUT2D eigenvalue weighted by Crippen LogP contribution is -2.27. The van der Waals surface area contributed by atoms with Gasteiger partial charge in [-0.05, 0) is 53.0 Å². The largest absolute Gasteiger partial charge is 0.288 e. The first-order chi connectivity index (χ1) is 13.2. The summed E-state index contributed by atoms with van der Waals surface area (Å²) in [7, 11) is 2.12. The van der Waals surface area contributed by atoms with Gasteiger partial charge < -0.3 is 0 Å². The maximum atomic E-state index is 4.42. The molecule has 5 nitrogen and oxygen atoms in total. The van der Waals surface area contributed by atoms with Gasteiger partial charge in [-0.15, -0.1) is 16.4 Å². The molecule has 2 aromatic heterocycles. The van der Waals surface area contributed by atoms with E-state index in [4.69, 9.17) is 0 Å². The van der Waals surface area contributed by atoms with Crippen LogP contribution < -0.4 is 0 Å². The minimum Gasteiger partial charge on any atom is -0.288 e. The molecule has 0 aliphatic rings. The van der Waals surface area contributed by atoms with Crippen molar-refractivity contribution in [2.75, 3.05) is 7.05 Å². The van der Waals surface area contributed by atoms with Crippen molar-refractivity contribution in [1.29, 1.82) is 0 Å². The summed E-state index contributed by atoms with van der Waals surface area (Å²) < 4.78 is 1.86. The molecule has 0 unspecified atom stereocenters. The first-order valence-electron chi connectivity index (χ1n) is 8.86. The van der Waals surface area contributed by atoms with Crippen LogP contribution in [0.4, 0.5) is 0 Å². The van der Waals surface area contributed by atoms with Gasteiger partial charge in [0, 0.05) is 11.4 Å². The number of hydrogen-bond acceptors (Lipinski definition) is 5. The third-order valence-electron chi connectivity index (χ3n) is 4.62. The summed E-state index contributed by atoms with van der Waals surface area (Å²) >= 11 is 1.76. The molecule has 4 rings (SSSR count). The smallest absolute Gasteiger partial charge is 0.178 e. The number of aryl methyl sites for hydroxylation is 1. The number of benzene rings is 2. The maximum absolute atomic E-state index is 4.42. The molecule has 0 saturated carbocycles. The summed E-state index contributed by atoms with van der Waals surface area (Å²) in [6, 6.07) is 22.8. The molecule has 4 aromatic rings. The Bertz CT molecular complexity index is 994. The van der Waals surface area contributed by atoms with E-state index in [0.717, 1.165) is 23.6 Å². The summed E-state index contributed by atoms with van der Waals surface area (Å²) in [5, 5.41) is 14.8. The maximum Gasteiger partial charge on any atom is 0.178 e. The highest BCUT2D eigenvalue weighted by atomic mass is 32.1. The molecular formula is C21H21N5S. The van der Waals surface area contributed by atoms with Crippen LogP contribution in [-0.2, 0) is 6.54 Å². The fourth-order valence-corrected chi connectivity index (χ4v) is 4.08. The van der Waals surface area contributed by atoms with Crippen molar-refractivity contribution in [3.63, 3.8) is 0 Å². The topological polar surface area (TPSA) is 46.8 Å². The molecule has 0 radical (unpaired) electrons. The van der Waals surface area contributed by atoms with Crippen LogP contribution in [0.2, 0.25) is 0 Å². The minimum atomic E-state index is -0.0529. The monoisotopic (exact) mass is 375 g/mol. The molecule has 0 fully saturated rings. The normalized spacial score (nSPS) is 12.4. The molecule has 1 atom stereocenters. The molecule has 0 aliphatic carbocycles. The van der Waals surface area contributed by atoms with Crippen LogP contribution in [0.25, 0.3) is 5.69 Å². The van der Waals surface area contributed by atoms with Crippen LogP contribution in [0.1, 0.15) is 27.9 Å². The molecule has 2 aromatic carbocycles. The van der Waals surface area contributed by atoms with E-state index in [1.54, 1.807) is 11.3 Å². The lowest BCUT2D eigenvalue weighted by molar-refractivity contribution is 0.260. The zero-order valence-corrected chi connectivity index (χ0v) is 16.2. The quantitative estimate of drug-likeness (QED) is 0.505. The highest BCUT2D eigenvalue weighted by Gasteiger charge is 2.26. The van der Waals surface area contributed by atoms with Crippen LogP contribution in [0, 0.1) is 6.92 Å². The molecule has 2 heterocycles. The Morgan fingerprint density at radius 1 is 1.00 bits per heavy atom. The van der Waals surface area contributed by atoms with Crippen LogP contribution in [0.5, 0.6) is 0 Å². The Labute approximate surface area is 162 Å². The Morgan fingerprint density at radius 2 is 1.78 bits per heavy atom. The van der Waals surface area contributed by atoms with Gasteiger partial charge in [-0.2, -0.15) is 4.68 Å². The fourth-order valence-electron chi connectivity index (χ4n) is 3.31. The van der Waals surface area contributed by atoms with Crippen LogP contribution >= 0.6 is 11.3 Å². The van der Waals surface area contributed by atoms with E-state index in [1.807, 2.05) is 22.9 Å². The van der Waals surface area contributed by atoms with E-state index in [-0.39, 0.29) is 6.04 Å². The molecule has 0 N–H and O–H groups in total. The van der Waals surface area contributed by atoms with Crippen LogP contribution in [-0.4, -0.2) is 32.2 Å². The van der Waals surface area contributed by atoms with Crippen molar-refractivity contribution in [2.24, 2.45) is 0 Å². The molecule has 0 bridgehead atoms. The van der Waals surface area contributed by atoms with Gasteiger partial charge in [-0.1, -0.05) is 54.6 Å². The highest BCUT2D eigenvalue weighted by molar-refractivity contribution is 7.09. The van der Waals surface area contributed by atoms with E-state index < -0.39 is 0 Å². The Morgan fingerprint density at radius 3 is 2.52 bits per heavy atom. The molecule has 0 spiro atoms. The van der Waals surface area contributed by atoms with Crippen molar-refractivity contribution in [2.45, 2.75) is 19.5 Å². The molecular weight excluding hydrogens is 354 g/mol. The zero-order valence-electron chi connectivity index (χ0n) is 15.4. The first-order valence-corrected chi connectivity index (χ1v) is 9.74. The average Bonchev–Trinajstić information content (AvgIpc) is 3.36. The van der Waals surface area contributed by atoms with E-state index in [2.05, 4.69) is 88.3 Å². The van der Waals surface area contributed by atoms with Gasteiger partial charge in [0.25, 0.3) is 0 Å². The number of nitrogens with zero attached hydrogens (tertiary/aromatic N) is 5. The SMILES string of the molecule is Cc1ccccc1-n1nnnc1[C@H](c1ccccc1)N(C)Cc1cccs1. The fraction of sp³-hybridized carbons (Fsp3) is 0.190. The number of para-hydroxylation sites is 1. The molecule has 0 amide bonds. The second-order valence-electron chi connectivity index (χ2n) is 6.54. The first kappa shape index (κ1) is 17.6. The van der Waals surface area contributed by atoms with E-state index in [9.17, 15) is 0 Å². The third-order valence-corrected chi connectivity index (χ3v) is 5.48. The van der Waals surface area contributed by atoms with Crippen LogP contribution in [0.3, 0.4) is 0 Å². The standard InChI is InChI=1S/C21H21N5S/c1-16-9-6-7-13-19(16)26-21(22-23-24-26)20(17-10-4-3-5-11-17)25(2)15-18-12-8-14-27-18/h3-14,20H,15H2,1-2H3/t20-/m0/s1. The number of hydrogen-bond donors (Lipinski definition) is 0. The summed E-state index contributed by atoms with van der Waals surface area (Å²) in [5.41, 5.74) is 3.31. The highest BCUT2D eigenvalue weighted by Crippen LogP contribution is 2.29. The van der Waals surface area contributed by atoms with E-state index in [1.165, 1.54) is 10.4 Å². The van der Waals surface area contributed by atoms with Crippen molar-refractivity contribution in [1.82, 2.24) is 25.1 Å². The average molecular weight is 376 g/mol. The van der Waals surface area contributed by atoms with E-state index >= 15 is 0 Å². The molecule has 27 heavy (non-hydrogen) atoms. The van der Waals surface area contributed by atoms with Crippen molar-refractivity contribution >= 4 is 11.3 Å². The number of tetrazole rings is 1. The van der Waals surface area contributed by atoms with Gasteiger partial charge in [0.1, 0.15) is 0 Å². The third kappa shape index (κ3) is 3.67. The Balaban J connectivity index is 1.78. The number of thiophene rings is 1. The molecule has 136 valence electrons. The van der Waals surface area contributed by atoms with Gasteiger partial charge in [-0.25, -0.2) is 0 Å². The molecule has 0 aliphatic heterocycles. The van der Waals surface area contributed by atoms with Gasteiger partial charge in [0.15, 0.2) is 5.82 Å². The van der Waals surface area contributed by atoms with Gasteiger partial charge in [-0.3, -0.25) is 4.90 Å². The summed E-state index contributed by atoms with van der Waals surface area (Å²) in [5.74, 6) is 0.814. The van der Waals surface area contributed by atoms with E-state index in [0.29, 0.717) is 0 Å². The summed E-state index contributed by atoms with van der Waals surface area (Å²) in [4.78, 5) is 3.61. The zero-order chi connectivity index (χ0) is 18.6. The van der Waals surface area contributed by atoms with Crippen molar-refractivity contribution in [3.8, 4) is 5.69 Å². The lowest BCUT2D eigenvalue weighted by Gasteiger charge is -2.27. The molecule has 0 saturated heterocycles. The van der Waals surface area contributed by atoms with Gasteiger partial charge in [0.2, 0.25) is 0 Å². The minimum absolute atomic E-state index is 0.0529. The number of aromatic nitrogens is 4. The summed E-state index contributed by atoms with van der Waals surface area (Å²) in [6.07, 6.45) is 0. The Hall–Kier alpha value is -2.83. The van der Waals surface area contributed by atoms with Crippen molar-refractivity contribution in [3.05, 3.63) is 93.9 Å². The second kappa shape index (κ2) is 7.82. The predicted octanol–water partition coefficient (Wildman–Crippen LogP) is 4.25.